The van der Waals surface area contributed by atoms with Gasteiger partial charge in [0.15, 0.2) is 0 Å². The number of likely N-dealkylation sites (tertiary alicyclic amines) is 1. The number of imide groups is 1. The summed E-state index contributed by atoms with van der Waals surface area (Å²) in [5.41, 5.74) is 5.29. The lowest BCUT2D eigenvalue weighted by Crippen LogP contribution is -2.37. The van der Waals surface area contributed by atoms with Crippen molar-refractivity contribution in [2.45, 2.75) is 34.1 Å². The molecule has 17 heavy (non-hydrogen) atoms. The van der Waals surface area contributed by atoms with Gasteiger partial charge in [-0.15, -0.1) is 0 Å². The molecule has 5 heteroatoms. The summed E-state index contributed by atoms with van der Waals surface area (Å²) in [4.78, 5) is 25.5. The predicted molar refractivity (Wildman–Crippen MR) is 70.2 cm³/mol. The van der Waals surface area contributed by atoms with Crippen LogP contribution in [0.3, 0.4) is 0 Å². The van der Waals surface area contributed by atoms with Crippen molar-refractivity contribution in [3.8, 4) is 0 Å². The van der Waals surface area contributed by atoms with Gasteiger partial charge >= 0.3 is 0 Å². The lowest BCUT2D eigenvalue weighted by molar-refractivity contribution is -0.140. The molecule has 0 bridgehead atoms. The van der Waals surface area contributed by atoms with E-state index >= 15 is 0 Å². The molecule has 0 spiro atoms. The maximum atomic E-state index is 11.9. The van der Waals surface area contributed by atoms with Crippen molar-refractivity contribution in [3.63, 3.8) is 0 Å². The summed E-state index contributed by atoms with van der Waals surface area (Å²) < 4.78 is 0. The molecule has 2 amide bonds. The van der Waals surface area contributed by atoms with Crippen LogP contribution in [-0.2, 0) is 9.59 Å². The number of carbonyl (C=O) groups excluding carboxylic acids is 2. The molecule has 1 rings (SSSR count). The minimum Gasteiger partial charge on any atom is -0.393 e. The van der Waals surface area contributed by atoms with Gasteiger partial charge in [-0.3, -0.25) is 14.5 Å². The molecular weight excluding hydrogens is 236 g/mol. The highest BCUT2D eigenvalue weighted by atomic mass is 32.1. The van der Waals surface area contributed by atoms with Crippen LogP contribution < -0.4 is 5.73 Å². The van der Waals surface area contributed by atoms with E-state index < -0.39 is 0 Å². The quantitative estimate of drug-likeness (QED) is 0.609. The van der Waals surface area contributed by atoms with E-state index in [-0.39, 0.29) is 29.1 Å². The van der Waals surface area contributed by atoms with E-state index in [1.54, 1.807) is 13.8 Å². The Morgan fingerprint density at radius 2 is 1.71 bits per heavy atom. The first kappa shape index (κ1) is 14.1. The molecular formula is C12H20N2O2S. The molecule has 0 aromatic rings. The number of carbonyl (C=O) groups is 2. The number of nitrogens with two attached hydrogens (primary N) is 1. The van der Waals surface area contributed by atoms with Crippen LogP contribution in [0.5, 0.6) is 0 Å². The van der Waals surface area contributed by atoms with E-state index in [1.807, 2.05) is 13.8 Å². The fourth-order valence-corrected chi connectivity index (χ4v) is 1.86. The number of amides is 2. The fraction of sp³-hybridized carbons (Fsp3) is 0.750. The van der Waals surface area contributed by atoms with Crippen LogP contribution in [0.25, 0.3) is 0 Å². The Morgan fingerprint density at radius 3 is 2.06 bits per heavy atom. The van der Waals surface area contributed by atoms with E-state index in [0.29, 0.717) is 18.0 Å². The summed E-state index contributed by atoms with van der Waals surface area (Å²) in [7, 11) is 0. The molecule has 0 aromatic heterocycles. The lowest BCUT2D eigenvalue weighted by Gasteiger charge is -2.25. The van der Waals surface area contributed by atoms with Gasteiger partial charge in [-0.05, 0) is 6.42 Å². The monoisotopic (exact) mass is 256 g/mol. The normalized spacial score (nSPS) is 25.5. The Balaban J connectivity index is 2.68. The van der Waals surface area contributed by atoms with Crippen molar-refractivity contribution in [1.82, 2.24) is 4.90 Å². The Morgan fingerprint density at radius 1 is 1.29 bits per heavy atom. The Kier molecular flexibility index (Phi) is 3.91. The van der Waals surface area contributed by atoms with Crippen molar-refractivity contribution < 1.29 is 9.59 Å². The van der Waals surface area contributed by atoms with Crippen LogP contribution in [0.2, 0.25) is 0 Å². The number of nitrogens with zero attached hydrogens (tertiary/aromatic N) is 1. The van der Waals surface area contributed by atoms with Crippen LogP contribution >= 0.6 is 12.2 Å². The second kappa shape index (κ2) is 4.72. The van der Waals surface area contributed by atoms with Crippen molar-refractivity contribution in [2.24, 2.45) is 23.0 Å². The minimum atomic E-state index is -0.328. The molecule has 1 aliphatic heterocycles. The number of rotatable bonds is 4. The first-order valence-corrected chi connectivity index (χ1v) is 6.24. The maximum absolute atomic E-state index is 11.9. The topological polar surface area (TPSA) is 63.4 Å². The minimum absolute atomic E-state index is 0.0822. The van der Waals surface area contributed by atoms with Gasteiger partial charge in [0.05, 0.1) is 4.99 Å². The molecule has 4 nitrogen and oxygen atoms in total. The zero-order valence-electron chi connectivity index (χ0n) is 10.8. The SMILES string of the molecule is CC1C(=O)N(CCC(C)(C)C(N)=S)C(=O)C1C. The van der Waals surface area contributed by atoms with Gasteiger partial charge in [0.2, 0.25) is 11.8 Å². The van der Waals surface area contributed by atoms with Gasteiger partial charge in [0, 0.05) is 23.8 Å². The van der Waals surface area contributed by atoms with Crippen molar-refractivity contribution in [3.05, 3.63) is 0 Å². The van der Waals surface area contributed by atoms with Crippen LogP contribution in [-0.4, -0.2) is 28.2 Å². The van der Waals surface area contributed by atoms with Crippen LogP contribution in [0, 0.1) is 17.3 Å². The van der Waals surface area contributed by atoms with E-state index in [9.17, 15) is 9.59 Å². The van der Waals surface area contributed by atoms with Crippen molar-refractivity contribution in [1.29, 1.82) is 0 Å². The lowest BCUT2D eigenvalue weighted by atomic mass is 9.89. The van der Waals surface area contributed by atoms with Crippen LogP contribution in [0.1, 0.15) is 34.1 Å². The molecule has 0 saturated carbocycles. The summed E-state index contributed by atoms with van der Waals surface area (Å²) in [5.74, 6) is -0.589. The Bertz CT molecular complexity index is 346. The molecule has 2 atom stereocenters. The van der Waals surface area contributed by atoms with Gasteiger partial charge in [0.25, 0.3) is 0 Å². The third-order valence-corrected chi connectivity index (χ3v) is 4.24. The summed E-state index contributed by atoms with van der Waals surface area (Å²) >= 11 is 4.97. The molecule has 0 radical (unpaired) electrons. The second-order valence-corrected chi connectivity index (χ2v) is 5.84. The molecule has 0 aromatic carbocycles. The third-order valence-electron chi connectivity index (χ3n) is 3.69. The number of thiocarbonyl (C=S) groups is 1. The summed E-state index contributed by atoms with van der Waals surface area (Å²) in [6, 6.07) is 0. The molecule has 2 N–H and O–H groups in total. The zero-order valence-corrected chi connectivity index (χ0v) is 11.6. The smallest absolute Gasteiger partial charge is 0.232 e. The van der Waals surface area contributed by atoms with E-state index in [0.717, 1.165) is 0 Å². The highest BCUT2D eigenvalue weighted by Gasteiger charge is 2.42. The average molecular weight is 256 g/mol. The summed E-state index contributed by atoms with van der Waals surface area (Å²) in [5, 5.41) is 0. The number of hydrogen-bond acceptors (Lipinski definition) is 3. The van der Waals surface area contributed by atoms with E-state index in [2.05, 4.69) is 0 Å². The van der Waals surface area contributed by atoms with Crippen molar-refractivity contribution in [2.75, 3.05) is 6.54 Å². The fourth-order valence-electron chi connectivity index (χ4n) is 1.76. The largest absolute Gasteiger partial charge is 0.393 e. The zero-order chi connectivity index (χ0) is 13.4. The number of hydrogen-bond donors (Lipinski definition) is 1. The molecule has 1 saturated heterocycles. The first-order valence-electron chi connectivity index (χ1n) is 5.83. The molecule has 1 aliphatic rings. The average Bonchev–Trinajstić information content (AvgIpc) is 2.42. The molecule has 1 heterocycles. The van der Waals surface area contributed by atoms with E-state index in [1.165, 1.54) is 4.90 Å². The molecule has 2 unspecified atom stereocenters. The standard InChI is InChI=1S/C12H20N2O2S/c1-7-8(2)10(16)14(9(7)15)6-5-12(3,4)11(13)17/h7-8H,5-6H2,1-4H3,(H2,13,17). The Labute approximate surface area is 108 Å². The van der Waals surface area contributed by atoms with Gasteiger partial charge in [0.1, 0.15) is 0 Å². The second-order valence-electron chi connectivity index (χ2n) is 5.40. The molecule has 96 valence electrons. The van der Waals surface area contributed by atoms with Crippen LogP contribution in [0.4, 0.5) is 0 Å². The molecule has 1 fully saturated rings. The van der Waals surface area contributed by atoms with Gasteiger partial charge in [-0.1, -0.05) is 39.9 Å². The van der Waals surface area contributed by atoms with Crippen molar-refractivity contribution >= 4 is 29.0 Å². The highest BCUT2D eigenvalue weighted by Crippen LogP contribution is 2.28. The molecule has 0 aliphatic carbocycles. The third kappa shape index (κ3) is 2.65. The van der Waals surface area contributed by atoms with Crippen LogP contribution in [0.15, 0.2) is 0 Å². The highest BCUT2D eigenvalue weighted by molar-refractivity contribution is 7.80. The predicted octanol–water partition coefficient (Wildman–Crippen LogP) is 1.33. The van der Waals surface area contributed by atoms with Gasteiger partial charge in [-0.2, -0.15) is 0 Å². The summed E-state index contributed by atoms with van der Waals surface area (Å²) in [6.07, 6.45) is 0.610. The Hall–Kier alpha value is -0.970. The van der Waals surface area contributed by atoms with Gasteiger partial charge in [-0.25, -0.2) is 0 Å². The van der Waals surface area contributed by atoms with E-state index in [4.69, 9.17) is 18.0 Å². The van der Waals surface area contributed by atoms with Gasteiger partial charge < -0.3 is 5.73 Å². The summed E-state index contributed by atoms with van der Waals surface area (Å²) in [6.45, 7) is 7.84. The maximum Gasteiger partial charge on any atom is 0.232 e. The first-order chi connectivity index (χ1) is 7.68.